The second-order valence-corrected chi connectivity index (χ2v) is 5.37. The first-order chi connectivity index (χ1) is 9.83. The van der Waals surface area contributed by atoms with Gasteiger partial charge in [0.1, 0.15) is 0 Å². The smallest absolute Gasteiger partial charge is 0.0645 e. The molecule has 106 valence electrons. The quantitative estimate of drug-likeness (QED) is 0.907. The van der Waals surface area contributed by atoms with Gasteiger partial charge in [-0.15, -0.1) is 0 Å². The molecule has 2 unspecified atom stereocenters. The molecule has 0 bridgehead atoms. The number of nitrogens with one attached hydrogen (secondary N) is 1. The lowest BCUT2D eigenvalue weighted by Gasteiger charge is -2.14. The molecule has 1 N–H and O–H groups in total. The molecule has 20 heavy (non-hydrogen) atoms. The lowest BCUT2D eigenvalue weighted by Crippen LogP contribution is -2.26. The Bertz CT molecular complexity index is 521. The molecule has 4 heteroatoms. The summed E-state index contributed by atoms with van der Waals surface area (Å²) >= 11 is 0. The van der Waals surface area contributed by atoms with Gasteiger partial charge < -0.3 is 10.1 Å². The van der Waals surface area contributed by atoms with Crippen LogP contribution in [0.5, 0.6) is 0 Å². The SMILES string of the molecule is CC1OCCC1CNCc1ccc(-n2cccn2)cc1. The predicted molar refractivity (Wildman–Crippen MR) is 78.8 cm³/mol. The van der Waals surface area contributed by atoms with Crippen molar-refractivity contribution in [3.05, 3.63) is 48.3 Å². The molecule has 0 aliphatic carbocycles. The Morgan fingerprint density at radius 2 is 2.20 bits per heavy atom. The van der Waals surface area contributed by atoms with Gasteiger partial charge in [0.2, 0.25) is 0 Å². The molecule has 2 heterocycles. The topological polar surface area (TPSA) is 39.1 Å². The number of ether oxygens (including phenoxy) is 1. The summed E-state index contributed by atoms with van der Waals surface area (Å²) in [5.74, 6) is 0.651. The van der Waals surface area contributed by atoms with Crippen LogP contribution in [0.1, 0.15) is 18.9 Å². The van der Waals surface area contributed by atoms with E-state index < -0.39 is 0 Å². The highest BCUT2D eigenvalue weighted by molar-refractivity contribution is 5.33. The zero-order valence-electron chi connectivity index (χ0n) is 11.8. The standard InChI is InChI=1S/C16H21N3O/c1-13-15(7-10-20-13)12-17-11-14-3-5-16(6-4-14)19-9-2-8-18-19/h2-6,8-9,13,15,17H,7,10-12H2,1H3. The third-order valence-corrected chi connectivity index (χ3v) is 3.97. The van der Waals surface area contributed by atoms with Gasteiger partial charge in [0.05, 0.1) is 11.8 Å². The third-order valence-electron chi connectivity index (χ3n) is 3.97. The molecular formula is C16H21N3O. The normalized spacial score (nSPS) is 22.2. The summed E-state index contributed by atoms with van der Waals surface area (Å²) in [7, 11) is 0. The van der Waals surface area contributed by atoms with E-state index in [2.05, 4.69) is 41.6 Å². The lowest BCUT2D eigenvalue weighted by atomic mass is 10.0. The average molecular weight is 271 g/mol. The van der Waals surface area contributed by atoms with E-state index in [1.807, 2.05) is 16.9 Å². The Labute approximate surface area is 119 Å². The van der Waals surface area contributed by atoms with Crippen molar-refractivity contribution in [1.29, 1.82) is 0 Å². The second kappa shape index (κ2) is 6.20. The van der Waals surface area contributed by atoms with Gasteiger partial charge >= 0.3 is 0 Å². The van der Waals surface area contributed by atoms with E-state index in [-0.39, 0.29) is 0 Å². The number of nitrogens with zero attached hydrogens (tertiary/aromatic N) is 2. The number of hydrogen-bond acceptors (Lipinski definition) is 3. The molecule has 1 aliphatic heterocycles. The van der Waals surface area contributed by atoms with Crippen LogP contribution < -0.4 is 5.32 Å². The van der Waals surface area contributed by atoms with Gasteiger partial charge in [0.25, 0.3) is 0 Å². The van der Waals surface area contributed by atoms with Crippen LogP contribution in [0.2, 0.25) is 0 Å². The Kier molecular flexibility index (Phi) is 4.14. The fourth-order valence-corrected chi connectivity index (χ4v) is 2.63. The Morgan fingerprint density at radius 1 is 1.35 bits per heavy atom. The van der Waals surface area contributed by atoms with E-state index in [0.717, 1.165) is 25.4 Å². The summed E-state index contributed by atoms with van der Waals surface area (Å²) in [6.07, 6.45) is 5.31. The maximum absolute atomic E-state index is 5.58. The molecule has 1 fully saturated rings. The van der Waals surface area contributed by atoms with E-state index in [1.165, 1.54) is 12.0 Å². The summed E-state index contributed by atoms with van der Waals surface area (Å²) in [5.41, 5.74) is 2.39. The monoisotopic (exact) mass is 271 g/mol. The van der Waals surface area contributed by atoms with E-state index >= 15 is 0 Å². The molecule has 4 nitrogen and oxygen atoms in total. The van der Waals surface area contributed by atoms with Crippen molar-refractivity contribution in [2.24, 2.45) is 5.92 Å². The van der Waals surface area contributed by atoms with Crippen molar-refractivity contribution in [1.82, 2.24) is 15.1 Å². The average Bonchev–Trinajstić information content (AvgIpc) is 3.12. The van der Waals surface area contributed by atoms with Gasteiger partial charge in [-0.2, -0.15) is 5.10 Å². The summed E-state index contributed by atoms with van der Waals surface area (Å²) in [4.78, 5) is 0. The first-order valence-electron chi connectivity index (χ1n) is 7.24. The number of rotatable bonds is 5. The molecule has 2 aromatic rings. The highest BCUT2D eigenvalue weighted by Crippen LogP contribution is 2.19. The number of hydrogen-bond donors (Lipinski definition) is 1. The Hall–Kier alpha value is -1.65. The van der Waals surface area contributed by atoms with Crippen LogP contribution in [-0.4, -0.2) is 29.0 Å². The van der Waals surface area contributed by atoms with Crippen molar-refractivity contribution < 1.29 is 4.74 Å². The first kappa shape index (κ1) is 13.3. The molecule has 1 aromatic carbocycles. The van der Waals surface area contributed by atoms with Crippen LogP contribution in [-0.2, 0) is 11.3 Å². The first-order valence-corrected chi connectivity index (χ1v) is 7.24. The van der Waals surface area contributed by atoms with E-state index in [9.17, 15) is 0 Å². The molecule has 1 aromatic heterocycles. The van der Waals surface area contributed by atoms with Crippen molar-refractivity contribution in [2.75, 3.05) is 13.2 Å². The minimum atomic E-state index is 0.393. The highest BCUT2D eigenvalue weighted by atomic mass is 16.5. The van der Waals surface area contributed by atoms with Crippen LogP contribution in [0.15, 0.2) is 42.7 Å². The molecule has 1 saturated heterocycles. The molecule has 3 rings (SSSR count). The molecular weight excluding hydrogens is 250 g/mol. The fraction of sp³-hybridized carbons (Fsp3) is 0.438. The van der Waals surface area contributed by atoms with Gasteiger partial charge in [0, 0.05) is 32.1 Å². The minimum absolute atomic E-state index is 0.393. The van der Waals surface area contributed by atoms with Crippen LogP contribution in [0, 0.1) is 5.92 Å². The van der Waals surface area contributed by atoms with E-state index in [1.54, 1.807) is 6.20 Å². The van der Waals surface area contributed by atoms with Gasteiger partial charge in [-0.25, -0.2) is 4.68 Å². The number of aromatic nitrogens is 2. The Balaban J connectivity index is 1.51. The van der Waals surface area contributed by atoms with Crippen LogP contribution in [0.3, 0.4) is 0 Å². The van der Waals surface area contributed by atoms with Gasteiger partial charge in [-0.3, -0.25) is 0 Å². The highest BCUT2D eigenvalue weighted by Gasteiger charge is 2.23. The van der Waals surface area contributed by atoms with Crippen LogP contribution in [0.4, 0.5) is 0 Å². The predicted octanol–water partition coefficient (Wildman–Crippen LogP) is 2.39. The third kappa shape index (κ3) is 3.08. The Morgan fingerprint density at radius 3 is 2.85 bits per heavy atom. The maximum atomic E-state index is 5.58. The van der Waals surface area contributed by atoms with Gasteiger partial charge in [-0.05, 0) is 43.0 Å². The van der Waals surface area contributed by atoms with Crippen LogP contribution in [0.25, 0.3) is 5.69 Å². The van der Waals surface area contributed by atoms with Crippen LogP contribution >= 0.6 is 0 Å². The summed E-state index contributed by atoms with van der Waals surface area (Å²) in [5, 5.41) is 7.75. The molecule has 1 aliphatic rings. The molecule has 2 atom stereocenters. The number of benzene rings is 1. The molecule has 0 spiro atoms. The lowest BCUT2D eigenvalue weighted by molar-refractivity contribution is 0.105. The fourth-order valence-electron chi connectivity index (χ4n) is 2.63. The van der Waals surface area contributed by atoms with E-state index in [0.29, 0.717) is 12.0 Å². The second-order valence-electron chi connectivity index (χ2n) is 5.37. The van der Waals surface area contributed by atoms with E-state index in [4.69, 9.17) is 4.74 Å². The zero-order valence-corrected chi connectivity index (χ0v) is 11.8. The summed E-state index contributed by atoms with van der Waals surface area (Å²) < 4.78 is 7.45. The molecule has 0 radical (unpaired) electrons. The minimum Gasteiger partial charge on any atom is -0.378 e. The summed E-state index contributed by atoms with van der Waals surface area (Å²) in [6, 6.07) is 10.4. The largest absolute Gasteiger partial charge is 0.378 e. The van der Waals surface area contributed by atoms with Crippen molar-refractivity contribution in [3.8, 4) is 5.69 Å². The van der Waals surface area contributed by atoms with Crippen molar-refractivity contribution in [2.45, 2.75) is 26.0 Å². The molecule has 0 saturated carbocycles. The van der Waals surface area contributed by atoms with Gasteiger partial charge in [-0.1, -0.05) is 12.1 Å². The summed E-state index contributed by atoms with van der Waals surface area (Å²) in [6.45, 7) is 5.01. The van der Waals surface area contributed by atoms with Gasteiger partial charge in [0.15, 0.2) is 0 Å². The maximum Gasteiger partial charge on any atom is 0.0645 e. The molecule has 0 amide bonds. The zero-order chi connectivity index (χ0) is 13.8. The van der Waals surface area contributed by atoms with Crippen molar-refractivity contribution in [3.63, 3.8) is 0 Å². The van der Waals surface area contributed by atoms with Crippen molar-refractivity contribution >= 4 is 0 Å².